The molecule has 230 valence electrons. The molecule has 6 rings (SSSR count). The number of anilines is 3. The summed E-state index contributed by atoms with van der Waals surface area (Å²) < 4.78 is 10.9. The normalized spacial score (nSPS) is 16.6. The highest BCUT2D eigenvalue weighted by atomic mass is 32.1. The molecule has 0 unspecified atom stereocenters. The van der Waals surface area contributed by atoms with Crippen LogP contribution in [0.15, 0.2) is 48.7 Å². The van der Waals surface area contributed by atoms with Crippen LogP contribution in [0, 0.1) is 10.1 Å². The fraction of sp³-hybridized carbons (Fsp3) is 0.400. The highest BCUT2D eigenvalue weighted by Gasteiger charge is 2.30. The van der Waals surface area contributed by atoms with Gasteiger partial charge in [0.2, 0.25) is 5.95 Å². The van der Waals surface area contributed by atoms with Gasteiger partial charge in [-0.2, -0.15) is 0 Å². The summed E-state index contributed by atoms with van der Waals surface area (Å²) >= 11 is 1.40. The highest BCUT2D eigenvalue weighted by Crippen LogP contribution is 2.40. The summed E-state index contributed by atoms with van der Waals surface area (Å²) in [6.45, 7) is 5.80. The molecule has 0 saturated carbocycles. The smallest absolute Gasteiger partial charge is 0.294 e. The molecule has 0 amide bonds. The van der Waals surface area contributed by atoms with Crippen molar-refractivity contribution < 1.29 is 14.4 Å². The minimum absolute atomic E-state index is 0.00996. The van der Waals surface area contributed by atoms with E-state index in [0.717, 1.165) is 68.4 Å². The van der Waals surface area contributed by atoms with Crippen LogP contribution in [0.1, 0.15) is 12.8 Å². The van der Waals surface area contributed by atoms with Gasteiger partial charge in [0.25, 0.3) is 5.69 Å². The summed E-state index contributed by atoms with van der Waals surface area (Å²) in [5.74, 6) is 1.50. The SMILES string of the molecule is COc1ccc(-c2nnc(-c3ccnc(Nc4cc([N+](=O)[O-])c(N5CCC(N6CCN(C)CC6)CC5)cc4OC)n3)s2)cc1. The van der Waals surface area contributed by atoms with E-state index in [2.05, 4.69) is 47.2 Å². The molecule has 0 bridgehead atoms. The molecule has 1 N–H and O–H groups in total. The molecule has 2 aromatic heterocycles. The second-order valence-corrected chi connectivity index (χ2v) is 11.9. The minimum Gasteiger partial charge on any atom is -0.497 e. The van der Waals surface area contributed by atoms with E-state index in [1.54, 1.807) is 32.5 Å². The van der Waals surface area contributed by atoms with Crippen LogP contribution < -0.4 is 19.7 Å². The Bertz CT molecular complexity index is 1600. The lowest BCUT2D eigenvalue weighted by Gasteiger charge is -2.42. The number of hydrogen-bond donors (Lipinski definition) is 1. The molecule has 44 heavy (non-hydrogen) atoms. The molecule has 2 aromatic carbocycles. The van der Waals surface area contributed by atoms with Crippen LogP contribution >= 0.6 is 11.3 Å². The fourth-order valence-corrected chi connectivity index (χ4v) is 6.54. The third-order valence-electron chi connectivity index (χ3n) is 8.24. The number of piperazine rings is 1. The first-order valence-electron chi connectivity index (χ1n) is 14.5. The van der Waals surface area contributed by atoms with Crippen molar-refractivity contribution in [3.63, 3.8) is 0 Å². The van der Waals surface area contributed by atoms with Crippen molar-refractivity contribution in [2.45, 2.75) is 18.9 Å². The zero-order valence-electron chi connectivity index (χ0n) is 25.0. The largest absolute Gasteiger partial charge is 0.497 e. The molecule has 0 radical (unpaired) electrons. The molecule has 2 aliphatic heterocycles. The van der Waals surface area contributed by atoms with Gasteiger partial charge in [0.05, 0.1) is 24.8 Å². The minimum atomic E-state index is -0.342. The van der Waals surface area contributed by atoms with Crippen molar-refractivity contribution in [2.24, 2.45) is 0 Å². The second-order valence-electron chi connectivity index (χ2n) is 10.9. The number of methoxy groups -OCH3 is 2. The maximum atomic E-state index is 12.3. The van der Waals surface area contributed by atoms with Gasteiger partial charge in [0.15, 0.2) is 5.01 Å². The number of likely N-dealkylation sites (N-methyl/N-ethyl adjacent to an activating group) is 1. The van der Waals surface area contributed by atoms with Gasteiger partial charge in [-0.25, -0.2) is 9.97 Å². The quantitative estimate of drug-likeness (QED) is 0.209. The second kappa shape index (κ2) is 13.1. The van der Waals surface area contributed by atoms with Crippen molar-refractivity contribution in [3.05, 3.63) is 58.8 Å². The van der Waals surface area contributed by atoms with E-state index < -0.39 is 0 Å². The molecular formula is C30H35N9O4S. The van der Waals surface area contributed by atoms with Crippen LogP contribution in [0.5, 0.6) is 11.5 Å². The number of rotatable bonds is 9. The Hall–Kier alpha value is -4.40. The Morgan fingerprint density at radius 1 is 0.955 bits per heavy atom. The molecule has 0 aliphatic carbocycles. The number of nitrogens with zero attached hydrogens (tertiary/aromatic N) is 8. The van der Waals surface area contributed by atoms with Crippen LogP contribution in [0.3, 0.4) is 0 Å². The summed E-state index contributed by atoms with van der Waals surface area (Å²) in [6.07, 6.45) is 3.55. The van der Waals surface area contributed by atoms with Crippen LogP contribution in [0.25, 0.3) is 21.3 Å². The topological polar surface area (TPSA) is 135 Å². The Morgan fingerprint density at radius 3 is 2.36 bits per heavy atom. The number of aromatic nitrogens is 4. The fourth-order valence-electron chi connectivity index (χ4n) is 5.72. The lowest BCUT2D eigenvalue weighted by molar-refractivity contribution is -0.384. The van der Waals surface area contributed by atoms with Gasteiger partial charge in [-0.3, -0.25) is 15.0 Å². The standard InChI is InChI=1S/C30H35N9O4S/c1-36-14-16-37(17-15-36)21-9-12-38(13-10-21)25-19-27(43-3)24(18-26(25)39(40)41)33-30-31-11-8-23(32-30)29-35-34-28(44-29)20-4-6-22(42-2)7-5-20/h4-8,11,18-19,21H,9-10,12-17H2,1-3H3,(H,31,32,33). The molecule has 0 atom stereocenters. The monoisotopic (exact) mass is 617 g/mol. The molecule has 2 saturated heterocycles. The van der Waals surface area contributed by atoms with Crippen molar-refractivity contribution in [2.75, 3.05) is 70.8 Å². The average Bonchev–Trinajstić information content (AvgIpc) is 3.56. The van der Waals surface area contributed by atoms with Crippen molar-refractivity contribution in [3.8, 4) is 32.8 Å². The molecule has 4 aromatic rings. The third-order valence-corrected chi connectivity index (χ3v) is 9.23. The first kappa shape index (κ1) is 29.7. The summed E-state index contributed by atoms with van der Waals surface area (Å²) in [4.78, 5) is 27.9. The van der Waals surface area contributed by atoms with Crippen molar-refractivity contribution in [1.29, 1.82) is 0 Å². The molecular weight excluding hydrogens is 582 g/mol. The average molecular weight is 618 g/mol. The van der Waals surface area contributed by atoms with Gasteiger partial charge < -0.3 is 24.6 Å². The number of nitro groups is 1. The number of nitro benzene ring substituents is 1. The van der Waals surface area contributed by atoms with Crippen LogP contribution in [0.4, 0.5) is 23.0 Å². The number of ether oxygens (including phenoxy) is 2. The van der Waals surface area contributed by atoms with E-state index in [-0.39, 0.29) is 16.6 Å². The van der Waals surface area contributed by atoms with Gasteiger partial charge in [-0.1, -0.05) is 11.3 Å². The number of benzene rings is 2. The zero-order valence-corrected chi connectivity index (χ0v) is 25.8. The Morgan fingerprint density at radius 2 is 1.68 bits per heavy atom. The lowest BCUT2D eigenvalue weighted by Crippen LogP contribution is -2.52. The van der Waals surface area contributed by atoms with Gasteiger partial charge >= 0.3 is 0 Å². The van der Waals surface area contributed by atoms with E-state index in [0.29, 0.717) is 33.9 Å². The van der Waals surface area contributed by atoms with E-state index in [1.165, 1.54) is 17.4 Å². The van der Waals surface area contributed by atoms with E-state index in [9.17, 15) is 10.1 Å². The molecule has 2 fully saturated rings. The molecule has 14 heteroatoms. The Labute approximate surface area is 259 Å². The maximum Gasteiger partial charge on any atom is 0.294 e. The molecule has 4 heterocycles. The number of nitrogens with one attached hydrogen (secondary N) is 1. The van der Waals surface area contributed by atoms with Gasteiger partial charge in [0, 0.05) is 69.2 Å². The molecule has 2 aliphatic rings. The third kappa shape index (κ3) is 6.42. The highest BCUT2D eigenvalue weighted by molar-refractivity contribution is 7.17. The first-order chi connectivity index (χ1) is 21.4. The van der Waals surface area contributed by atoms with Crippen LogP contribution in [0.2, 0.25) is 0 Å². The maximum absolute atomic E-state index is 12.3. The first-order valence-corrected chi connectivity index (χ1v) is 15.4. The van der Waals surface area contributed by atoms with Crippen LogP contribution in [-0.2, 0) is 0 Å². The predicted octanol–water partition coefficient (Wildman–Crippen LogP) is 4.55. The van der Waals surface area contributed by atoms with E-state index in [1.807, 2.05) is 24.3 Å². The van der Waals surface area contributed by atoms with Crippen LogP contribution in [-0.4, -0.2) is 101 Å². The van der Waals surface area contributed by atoms with Gasteiger partial charge in [-0.05, 0) is 50.2 Å². The van der Waals surface area contributed by atoms with E-state index >= 15 is 0 Å². The summed E-state index contributed by atoms with van der Waals surface area (Å²) in [6, 6.07) is 13.1. The Balaban J connectivity index is 1.19. The van der Waals surface area contributed by atoms with E-state index in [4.69, 9.17) is 9.47 Å². The van der Waals surface area contributed by atoms with Gasteiger partial charge in [-0.15, -0.1) is 10.2 Å². The van der Waals surface area contributed by atoms with Crippen molar-refractivity contribution in [1.82, 2.24) is 30.0 Å². The summed E-state index contributed by atoms with van der Waals surface area (Å²) in [5.41, 5.74) is 2.47. The lowest BCUT2D eigenvalue weighted by atomic mass is 10.0. The molecule has 0 spiro atoms. The van der Waals surface area contributed by atoms with Gasteiger partial charge in [0.1, 0.15) is 27.9 Å². The zero-order chi connectivity index (χ0) is 30.6. The Kier molecular flexibility index (Phi) is 8.82. The summed E-state index contributed by atoms with van der Waals surface area (Å²) in [5, 5.41) is 25.4. The molecule has 13 nitrogen and oxygen atoms in total. The summed E-state index contributed by atoms with van der Waals surface area (Å²) in [7, 11) is 5.33. The van der Waals surface area contributed by atoms with Crippen molar-refractivity contribution >= 4 is 34.3 Å². The predicted molar refractivity (Wildman–Crippen MR) is 170 cm³/mol. The number of piperidine rings is 1. The number of hydrogen-bond acceptors (Lipinski definition) is 13.